The minimum absolute atomic E-state index is 0.160. The van der Waals surface area contributed by atoms with Crippen molar-refractivity contribution in [2.24, 2.45) is 5.73 Å². The first-order valence-corrected chi connectivity index (χ1v) is 12.6. The summed E-state index contributed by atoms with van der Waals surface area (Å²) in [6, 6.07) is 12.7. The smallest absolute Gasteiger partial charge is 0.387 e. The Bertz CT molecular complexity index is 1230. The van der Waals surface area contributed by atoms with Crippen molar-refractivity contribution in [2.75, 3.05) is 13.2 Å². The molecular weight excluding hydrogens is 493 g/mol. The monoisotopic (exact) mass is 520 g/mol. The number of aliphatic hydroxyl groups excluding tert-OH is 2. The fraction of sp³-hybridized carbons (Fsp3) is 0.364. The van der Waals surface area contributed by atoms with Gasteiger partial charge in [0.05, 0.1) is 25.5 Å². The Labute approximate surface area is 206 Å². The van der Waals surface area contributed by atoms with Crippen LogP contribution in [0.5, 0.6) is 0 Å². The van der Waals surface area contributed by atoms with Gasteiger partial charge < -0.3 is 25.6 Å². The zero-order valence-corrected chi connectivity index (χ0v) is 20.0. The number of primary amides is 1. The molecule has 1 fully saturated rings. The number of aliphatic hydroxyl groups is 2. The largest absolute Gasteiger partial charge is 0.472 e. The molecule has 36 heavy (non-hydrogen) atoms. The molecule has 1 unspecified atom stereocenters. The number of phosphoric ester groups is 1. The zero-order valence-electron chi connectivity index (χ0n) is 19.1. The second-order valence-corrected chi connectivity index (χ2v) is 9.64. The number of carbonyl (C=O) groups is 1. The number of ether oxygens (including phenoxy) is 1. The van der Waals surface area contributed by atoms with Crippen molar-refractivity contribution in [3.05, 3.63) is 77.9 Å². The second kappa shape index (κ2) is 11.4. The number of pyridine rings is 1. The molecule has 1 aliphatic rings. The number of amides is 1. The summed E-state index contributed by atoms with van der Waals surface area (Å²) in [4.78, 5) is 21.4. The Balaban J connectivity index is 1.25. The third kappa shape index (κ3) is 6.59. The van der Waals surface area contributed by atoms with Gasteiger partial charge in [-0.1, -0.05) is 35.5 Å². The van der Waals surface area contributed by atoms with E-state index >= 15 is 0 Å². The van der Waals surface area contributed by atoms with Gasteiger partial charge in [0.2, 0.25) is 0 Å². The van der Waals surface area contributed by atoms with Crippen LogP contribution in [0.3, 0.4) is 0 Å². The molecule has 0 spiro atoms. The predicted octanol–water partition coefficient (Wildman–Crippen LogP) is -0.292. The Morgan fingerprint density at radius 3 is 2.69 bits per heavy atom. The van der Waals surface area contributed by atoms with Gasteiger partial charge in [0.15, 0.2) is 18.5 Å². The van der Waals surface area contributed by atoms with Crippen LogP contribution in [0.15, 0.2) is 61.1 Å². The van der Waals surface area contributed by atoms with Gasteiger partial charge >= 0.3 is 7.82 Å². The van der Waals surface area contributed by atoms with Crippen molar-refractivity contribution in [1.29, 1.82) is 0 Å². The van der Waals surface area contributed by atoms with Crippen LogP contribution in [-0.4, -0.2) is 67.5 Å². The summed E-state index contributed by atoms with van der Waals surface area (Å²) in [7, 11) is -4.48. The molecule has 14 heteroatoms. The SMILES string of the molecule is NC(=O)c1ccc[n+]([C@@H]2O[C@H](COP(=O)(O)OCCc3cn(Cc4ccccc4)nn3)[C@@H](O)[C@H]2O)c1. The number of carbonyl (C=O) groups excluding carboxylic acids is 1. The van der Waals surface area contributed by atoms with Gasteiger partial charge in [-0.15, -0.1) is 5.10 Å². The van der Waals surface area contributed by atoms with Gasteiger partial charge in [-0.3, -0.25) is 13.8 Å². The van der Waals surface area contributed by atoms with Crippen molar-refractivity contribution in [1.82, 2.24) is 15.0 Å². The van der Waals surface area contributed by atoms with E-state index in [1.54, 1.807) is 10.9 Å². The van der Waals surface area contributed by atoms with Crippen LogP contribution in [-0.2, 0) is 31.3 Å². The van der Waals surface area contributed by atoms with Gasteiger partial charge in [-0.05, 0) is 11.6 Å². The predicted molar refractivity (Wildman–Crippen MR) is 122 cm³/mol. The maximum Gasteiger partial charge on any atom is 0.472 e. The van der Waals surface area contributed by atoms with E-state index in [4.69, 9.17) is 19.5 Å². The molecule has 0 saturated carbocycles. The van der Waals surface area contributed by atoms with E-state index in [2.05, 4.69) is 10.3 Å². The molecule has 1 aliphatic heterocycles. The van der Waals surface area contributed by atoms with E-state index in [1.807, 2.05) is 30.3 Å². The number of nitrogens with zero attached hydrogens (tertiary/aromatic N) is 4. The molecular formula is C22H27N5O8P+. The van der Waals surface area contributed by atoms with E-state index in [1.165, 1.54) is 29.1 Å². The summed E-state index contributed by atoms with van der Waals surface area (Å²) >= 11 is 0. The first kappa shape index (κ1) is 26.0. The minimum atomic E-state index is -4.48. The fourth-order valence-corrected chi connectivity index (χ4v) is 4.41. The van der Waals surface area contributed by atoms with Crippen molar-refractivity contribution >= 4 is 13.7 Å². The highest BCUT2D eigenvalue weighted by Crippen LogP contribution is 2.44. The second-order valence-electron chi connectivity index (χ2n) is 8.19. The van der Waals surface area contributed by atoms with Crippen LogP contribution in [0.4, 0.5) is 0 Å². The molecule has 0 bridgehead atoms. The quantitative estimate of drug-likeness (QED) is 0.194. The van der Waals surface area contributed by atoms with Gasteiger partial charge in [-0.2, -0.15) is 4.57 Å². The van der Waals surface area contributed by atoms with Crippen molar-refractivity contribution in [2.45, 2.75) is 37.5 Å². The molecule has 5 N–H and O–H groups in total. The van der Waals surface area contributed by atoms with Crippen molar-refractivity contribution in [3.63, 3.8) is 0 Å². The zero-order chi connectivity index (χ0) is 25.7. The molecule has 13 nitrogen and oxygen atoms in total. The minimum Gasteiger partial charge on any atom is -0.387 e. The number of hydrogen-bond donors (Lipinski definition) is 4. The number of hydrogen-bond acceptors (Lipinski definition) is 9. The van der Waals surface area contributed by atoms with Crippen LogP contribution in [0.1, 0.15) is 27.8 Å². The Hall–Kier alpha value is -3.03. The number of benzene rings is 1. The molecule has 1 amide bonds. The highest BCUT2D eigenvalue weighted by atomic mass is 31.2. The number of rotatable bonds is 11. The van der Waals surface area contributed by atoms with Crippen LogP contribution in [0.25, 0.3) is 0 Å². The molecule has 1 saturated heterocycles. The van der Waals surface area contributed by atoms with Crippen LogP contribution in [0.2, 0.25) is 0 Å². The molecule has 5 atom stereocenters. The van der Waals surface area contributed by atoms with Crippen LogP contribution >= 0.6 is 7.82 Å². The third-order valence-corrected chi connectivity index (χ3v) is 6.51. The summed E-state index contributed by atoms with van der Waals surface area (Å²) < 4.78 is 30.9. The first-order chi connectivity index (χ1) is 17.2. The molecule has 3 heterocycles. The van der Waals surface area contributed by atoms with Gasteiger partial charge in [0, 0.05) is 18.7 Å². The number of aromatic nitrogens is 4. The Morgan fingerprint density at radius 2 is 1.94 bits per heavy atom. The number of nitrogens with two attached hydrogens (primary N) is 1. The lowest BCUT2D eigenvalue weighted by molar-refractivity contribution is -0.765. The van der Waals surface area contributed by atoms with Crippen LogP contribution in [0, 0.1) is 0 Å². The molecule has 2 aromatic heterocycles. The van der Waals surface area contributed by atoms with E-state index in [9.17, 15) is 24.5 Å². The lowest BCUT2D eigenvalue weighted by Crippen LogP contribution is -2.46. The topological polar surface area (TPSA) is 183 Å². The Morgan fingerprint density at radius 1 is 1.17 bits per heavy atom. The van der Waals surface area contributed by atoms with Crippen molar-refractivity contribution < 1.29 is 42.8 Å². The van der Waals surface area contributed by atoms with E-state index in [-0.39, 0.29) is 18.6 Å². The molecule has 4 rings (SSSR count). The van der Waals surface area contributed by atoms with Crippen molar-refractivity contribution in [3.8, 4) is 0 Å². The molecule has 0 aliphatic carbocycles. The summed E-state index contributed by atoms with van der Waals surface area (Å²) in [5.74, 6) is -0.672. The highest BCUT2D eigenvalue weighted by molar-refractivity contribution is 7.47. The molecule has 3 aromatic rings. The van der Waals surface area contributed by atoms with Gasteiger partial charge in [0.25, 0.3) is 12.1 Å². The summed E-state index contributed by atoms with van der Waals surface area (Å²) in [5.41, 5.74) is 7.07. The standard InChI is InChI=1S/C22H26N5O8P/c23-21(30)16-7-4-9-26(12-16)22-20(29)19(28)18(35-22)14-34-36(31,32)33-10-8-17-13-27(25-24-17)11-15-5-2-1-3-6-15/h1-7,9,12-13,18-20,22,28-29H,8,10-11,14H2,(H2-,23,30,31,32)/p+1/t18-,19-,20-,22-/m1/s1. The van der Waals surface area contributed by atoms with Gasteiger partial charge in [-0.25, -0.2) is 9.25 Å². The van der Waals surface area contributed by atoms with Crippen LogP contribution < -0.4 is 10.3 Å². The third-order valence-electron chi connectivity index (χ3n) is 5.53. The Kier molecular flexibility index (Phi) is 8.21. The maximum atomic E-state index is 12.3. The van der Waals surface area contributed by atoms with E-state index in [0.717, 1.165) is 5.56 Å². The normalized spacial score (nSPS) is 23.4. The van der Waals surface area contributed by atoms with E-state index in [0.29, 0.717) is 12.2 Å². The summed E-state index contributed by atoms with van der Waals surface area (Å²) in [5, 5.41) is 28.7. The molecule has 0 radical (unpaired) electrons. The average Bonchev–Trinajstić information content (AvgIpc) is 3.42. The molecule has 1 aromatic carbocycles. The summed E-state index contributed by atoms with van der Waals surface area (Å²) in [6.45, 7) is -0.142. The average molecular weight is 520 g/mol. The van der Waals surface area contributed by atoms with E-state index < -0.39 is 44.9 Å². The van der Waals surface area contributed by atoms with Gasteiger partial charge in [0.1, 0.15) is 17.8 Å². The fourth-order valence-electron chi connectivity index (χ4n) is 3.68. The summed E-state index contributed by atoms with van der Waals surface area (Å²) in [6.07, 6.45) is -0.173. The lowest BCUT2D eigenvalue weighted by atomic mass is 10.1. The molecule has 192 valence electrons. The highest BCUT2D eigenvalue weighted by Gasteiger charge is 2.49. The maximum absolute atomic E-state index is 12.3. The number of phosphoric acid groups is 1. The first-order valence-electron chi connectivity index (χ1n) is 11.1. The lowest BCUT2D eigenvalue weighted by Gasteiger charge is -2.16.